The van der Waals surface area contributed by atoms with Crippen molar-refractivity contribution in [2.45, 2.75) is 187 Å². The zero-order valence-corrected chi connectivity index (χ0v) is 36.1. The zero-order chi connectivity index (χ0) is 39.1. The third kappa shape index (κ3) is 41.7. The topological polar surface area (TPSA) is 94.1 Å². The van der Waals surface area contributed by atoms with Gasteiger partial charge in [-0.25, -0.2) is 0 Å². The van der Waals surface area contributed by atoms with Crippen LogP contribution in [-0.4, -0.2) is 70.7 Å². The summed E-state index contributed by atoms with van der Waals surface area (Å²) < 4.78 is 34.5. The molecule has 0 aliphatic carbocycles. The van der Waals surface area contributed by atoms with E-state index in [1.807, 2.05) is 21.1 Å². The van der Waals surface area contributed by atoms with E-state index in [9.17, 15) is 14.3 Å². The Labute approximate surface area is 327 Å². The molecule has 0 N–H and O–H groups in total. The fourth-order valence-corrected chi connectivity index (χ4v) is 6.52. The van der Waals surface area contributed by atoms with E-state index >= 15 is 0 Å². The number of likely N-dealkylation sites (N-methyl/N-ethyl adjacent to an activating group) is 1. The average molecular weight is 770 g/mol. The van der Waals surface area contributed by atoms with Crippen LogP contribution in [0, 0.1) is 0 Å². The third-order valence-electron chi connectivity index (χ3n) is 9.19. The first-order valence-electron chi connectivity index (χ1n) is 21.7. The molecule has 0 radical (unpaired) electrons. The molecule has 0 amide bonds. The molecule has 9 heteroatoms. The highest BCUT2D eigenvalue weighted by molar-refractivity contribution is 7.45. The Balaban J connectivity index is 4.29. The highest BCUT2D eigenvalue weighted by atomic mass is 31.2. The summed E-state index contributed by atoms with van der Waals surface area (Å²) in [5.41, 5.74) is 0. The average Bonchev–Trinajstić information content (AvgIpc) is 3.11. The van der Waals surface area contributed by atoms with Crippen molar-refractivity contribution in [3.8, 4) is 0 Å². The molecule has 0 bridgehead atoms. The van der Waals surface area contributed by atoms with Crippen LogP contribution in [-0.2, 0) is 27.9 Å². The summed E-state index contributed by atoms with van der Waals surface area (Å²) >= 11 is 0. The highest BCUT2D eigenvalue weighted by Crippen LogP contribution is 2.38. The van der Waals surface area contributed by atoms with Crippen LogP contribution in [0.4, 0.5) is 0 Å². The van der Waals surface area contributed by atoms with E-state index in [0.717, 1.165) is 57.8 Å². The Kier molecular flexibility index (Phi) is 36.7. The fourth-order valence-electron chi connectivity index (χ4n) is 5.79. The molecule has 2 atom stereocenters. The predicted octanol–water partition coefficient (Wildman–Crippen LogP) is 12.0. The minimum atomic E-state index is -4.53. The van der Waals surface area contributed by atoms with Crippen LogP contribution in [0.5, 0.6) is 0 Å². The summed E-state index contributed by atoms with van der Waals surface area (Å²) in [5.74, 6) is -0.354. The van der Waals surface area contributed by atoms with Gasteiger partial charge >= 0.3 is 5.97 Å². The Hall–Kier alpha value is -1.28. The van der Waals surface area contributed by atoms with E-state index in [-0.39, 0.29) is 32.2 Å². The van der Waals surface area contributed by atoms with Crippen molar-refractivity contribution >= 4 is 13.8 Å². The first kappa shape index (κ1) is 51.7. The lowest BCUT2D eigenvalue weighted by molar-refractivity contribution is -0.870. The van der Waals surface area contributed by atoms with Crippen LogP contribution in [0.2, 0.25) is 0 Å². The monoisotopic (exact) mass is 770 g/mol. The number of phosphoric ester groups is 1. The van der Waals surface area contributed by atoms with Crippen molar-refractivity contribution in [2.75, 3.05) is 54.1 Å². The van der Waals surface area contributed by atoms with Crippen molar-refractivity contribution in [3.05, 3.63) is 36.5 Å². The maximum absolute atomic E-state index is 12.7. The van der Waals surface area contributed by atoms with Gasteiger partial charge in [0.15, 0.2) is 0 Å². The number of carbonyl (C=O) groups is 1. The van der Waals surface area contributed by atoms with Crippen LogP contribution in [0.1, 0.15) is 181 Å². The SMILES string of the molecule is CCCCC/C=C\C/C=C\C/C=C\CCCCCCC(=O)O[C@H](COCCCCCCCCCCCCCCCC)COP(=O)([O-])OCC[N+](C)(C)C. The fraction of sp³-hybridized carbons (Fsp3) is 0.841. The largest absolute Gasteiger partial charge is 0.756 e. The second-order valence-corrected chi connectivity index (χ2v) is 17.1. The van der Waals surface area contributed by atoms with E-state index in [2.05, 4.69) is 50.3 Å². The summed E-state index contributed by atoms with van der Waals surface area (Å²) in [6.07, 6.45) is 42.9. The molecule has 0 saturated carbocycles. The number of phosphoric acid groups is 1. The van der Waals surface area contributed by atoms with Gasteiger partial charge in [0.2, 0.25) is 0 Å². The Morgan fingerprint density at radius 1 is 0.585 bits per heavy atom. The van der Waals surface area contributed by atoms with Gasteiger partial charge in [0.1, 0.15) is 19.3 Å². The van der Waals surface area contributed by atoms with E-state index in [0.29, 0.717) is 17.6 Å². The molecule has 0 fully saturated rings. The molecular weight excluding hydrogens is 685 g/mol. The van der Waals surface area contributed by atoms with Gasteiger partial charge in [-0.1, -0.05) is 159 Å². The van der Waals surface area contributed by atoms with Gasteiger partial charge in [-0.15, -0.1) is 0 Å². The lowest BCUT2D eigenvalue weighted by atomic mass is 10.0. The molecule has 0 aromatic rings. The summed E-state index contributed by atoms with van der Waals surface area (Å²) in [6.45, 7) is 5.37. The molecule has 8 nitrogen and oxygen atoms in total. The Morgan fingerprint density at radius 3 is 1.58 bits per heavy atom. The molecule has 312 valence electrons. The van der Waals surface area contributed by atoms with E-state index in [4.69, 9.17) is 18.5 Å². The number of unbranched alkanes of at least 4 members (excludes halogenated alkanes) is 20. The quantitative estimate of drug-likeness (QED) is 0.0201. The number of nitrogens with zero attached hydrogens (tertiary/aromatic N) is 1. The van der Waals surface area contributed by atoms with Gasteiger partial charge in [0.25, 0.3) is 7.82 Å². The summed E-state index contributed by atoms with van der Waals surface area (Å²) in [6, 6.07) is 0. The summed E-state index contributed by atoms with van der Waals surface area (Å²) in [7, 11) is 1.34. The van der Waals surface area contributed by atoms with Crippen LogP contribution < -0.4 is 4.89 Å². The number of ether oxygens (including phenoxy) is 2. The van der Waals surface area contributed by atoms with Crippen LogP contribution >= 0.6 is 7.82 Å². The van der Waals surface area contributed by atoms with Gasteiger partial charge in [-0.2, -0.15) is 0 Å². The molecule has 0 aromatic carbocycles. The lowest BCUT2D eigenvalue weighted by Gasteiger charge is -2.28. The number of hydrogen-bond acceptors (Lipinski definition) is 7. The number of quaternary nitrogens is 1. The molecular formula is C44H84NO7P. The van der Waals surface area contributed by atoms with Gasteiger partial charge in [-0.05, 0) is 51.4 Å². The van der Waals surface area contributed by atoms with E-state index < -0.39 is 13.9 Å². The van der Waals surface area contributed by atoms with Crippen molar-refractivity contribution < 1.29 is 37.3 Å². The molecule has 0 heterocycles. The minimum absolute atomic E-state index is 0.0221. The van der Waals surface area contributed by atoms with Gasteiger partial charge in [-0.3, -0.25) is 9.36 Å². The standard InChI is InChI=1S/C44H84NO7P/c1-6-8-10-12-14-16-18-20-22-23-24-25-27-29-31-33-35-37-44(46)52-43(42-51-53(47,48)50-40-38-45(3,4)5)41-49-39-36-34-32-30-28-26-21-19-17-15-13-11-9-7-2/h14,16,20,22,24-25,43H,6-13,15,17-19,21,23,26-42H2,1-5H3/b16-14-,22-20-,25-24-/t43-/m1/s1. The molecule has 0 spiro atoms. The van der Waals surface area contributed by atoms with Crippen molar-refractivity contribution in [1.29, 1.82) is 0 Å². The number of esters is 1. The maximum Gasteiger partial charge on any atom is 0.306 e. The summed E-state index contributed by atoms with van der Waals surface area (Å²) in [5, 5.41) is 0. The third-order valence-corrected chi connectivity index (χ3v) is 10.2. The van der Waals surface area contributed by atoms with Crippen LogP contribution in [0.15, 0.2) is 36.5 Å². The second-order valence-electron chi connectivity index (χ2n) is 15.7. The Bertz CT molecular complexity index is 947. The number of allylic oxidation sites excluding steroid dienone is 6. The number of rotatable bonds is 40. The Morgan fingerprint density at radius 2 is 1.04 bits per heavy atom. The van der Waals surface area contributed by atoms with Gasteiger partial charge < -0.3 is 27.9 Å². The summed E-state index contributed by atoms with van der Waals surface area (Å²) in [4.78, 5) is 25.0. The maximum atomic E-state index is 12.7. The number of hydrogen-bond donors (Lipinski definition) is 0. The number of carbonyl (C=O) groups excluding carboxylic acids is 1. The van der Waals surface area contributed by atoms with E-state index in [1.54, 1.807) is 0 Å². The van der Waals surface area contributed by atoms with Crippen molar-refractivity contribution in [1.82, 2.24) is 0 Å². The molecule has 0 rings (SSSR count). The predicted molar refractivity (Wildman–Crippen MR) is 222 cm³/mol. The second kappa shape index (κ2) is 37.6. The minimum Gasteiger partial charge on any atom is -0.756 e. The first-order valence-corrected chi connectivity index (χ1v) is 23.2. The zero-order valence-electron chi connectivity index (χ0n) is 35.2. The molecule has 0 aromatic heterocycles. The van der Waals surface area contributed by atoms with Crippen LogP contribution in [0.3, 0.4) is 0 Å². The molecule has 0 aliphatic heterocycles. The van der Waals surface area contributed by atoms with Gasteiger partial charge in [0, 0.05) is 13.0 Å². The first-order chi connectivity index (χ1) is 25.6. The van der Waals surface area contributed by atoms with Crippen molar-refractivity contribution in [2.24, 2.45) is 0 Å². The normalized spacial score (nSPS) is 14.2. The molecule has 1 unspecified atom stereocenters. The van der Waals surface area contributed by atoms with E-state index in [1.165, 1.54) is 103 Å². The molecule has 53 heavy (non-hydrogen) atoms. The van der Waals surface area contributed by atoms with Crippen LogP contribution in [0.25, 0.3) is 0 Å². The molecule has 0 aliphatic rings. The molecule has 0 saturated heterocycles. The smallest absolute Gasteiger partial charge is 0.306 e. The van der Waals surface area contributed by atoms with Gasteiger partial charge in [0.05, 0.1) is 34.4 Å². The van der Waals surface area contributed by atoms with Crippen molar-refractivity contribution in [3.63, 3.8) is 0 Å². The lowest BCUT2D eigenvalue weighted by Crippen LogP contribution is -2.37. The highest BCUT2D eigenvalue weighted by Gasteiger charge is 2.20.